The lowest BCUT2D eigenvalue weighted by Crippen LogP contribution is -2.33. The molecule has 0 aromatic heterocycles. The fourth-order valence-corrected chi connectivity index (χ4v) is 3.12. The molecule has 0 aliphatic carbocycles. The molecular formula is C14H20N2O3S. The molecule has 110 valence electrons. The van der Waals surface area contributed by atoms with Gasteiger partial charge in [0.25, 0.3) is 0 Å². The summed E-state index contributed by atoms with van der Waals surface area (Å²) in [7, 11) is -0.361. The van der Waals surface area contributed by atoms with Gasteiger partial charge in [0.1, 0.15) is 0 Å². The lowest BCUT2D eigenvalue weighted by Gasteiger charge is -2.18. The van der Waals surface area contributed by atoms with Crippen LogP contribution in [0.3, 0.4) is 0 Å². The first-order valence-corrected chi connectivity index (χ1v) is 8.22. The molecular weight excluding hydrogens is 276 g/mol. The monoisotopic (exact) mass is 296 g/mol. The number of carbonyl (C=O) groups excluding carboxylic acids is 1. The van der Waals surface area contributed by atoms with Crippen molar-refractivity contribution in [2.45, 2.75) is 19.8 Å². The molecule has 2 rings (SSSR count). The number of sulfonamides is 1. The van der Waals surface area contributed by atoms with Crippen LogP contribution >= 0.6 is 0 Å². The van der Waals surface area contributed by atoms with Crippen molar-refractivity contribution in [2.75, 3.05) is 31.3 Å². The van der Waals surface area contributed by atoms with Crippen LogP contribution in [0.1, 0.15) is 17.5 Å². The number of nitrogens with zero attached hydrogens (tertiary/aromatic N) is 2. The Bertz CT molecular complexity index is 623. The van der Waals surface area contributed by atoms with Crippen LogP contribution in [0.4, 0.5) is 5.69 Å². The van der Waals surface area contributed by atoms with Gasteiger partial charge in [-0.3, -0.25) is 4.79 Å². The number of benzene rings is 1. The third kappa shape index (κ3) is 3.02. The highest BCUT2D eigenvalue weighted by Crippen LogP contribution is 2.29. The number of hydrogen-bond donors (Lipinski definition) is 0. The highest BCUT2D eigenvalue weighted by molar-refractivity contribution is 7.89. The van der Waals surface area contributed by atoms with E-state index in [-0.39, 0.29) is 18.1 Å². The standard InChI is InChI=1S/C14H20N2O3S/c1-11-4-5-13-12(10-11)6-8-16(13)14(17)7-9-20(18,19)15(2)3/h4-5,10H,6-9H2,1-3H3. The van der Waals surface area contributed by atoms with Crippen LogP contribution in [0.15, 0.2) is 18.2 Å². The second-order valence-corrected chi connectivity index (χ2v) is 7.58. The van der Waals surface area contributed by atoms with E-state index in [0.717, 1.165) is 22.0 Å². The van der Waals surface area contributed by atoms with E-state index in [1.165, 1.54) is 19.7 Å². The summed E-state index contributed by atoms with van der Waals surface area (Å²) in [6.45, 7) is 2.66. The molecule has 0 unspecified atom stereocenters. The van der Waals surface area contributed by atoms with E-state index in [4.69, 9.17) is 0 Å². The molecule has 1 amide bonds. The second kappa shape index (κ2) is 5.54. The number of amides is 1. The Labute approximate surface area is 120 Å². The maximum Gasteiger partial charge on any atom is 0.228 e. The van der Waals surface area contributed by atoms with E-state index < -0.39 is 10.0 Å². The third-order valence-electron chi connectivity index (χ3n) is 3.56. The van der Waals surface area contributed by atoms with Gasteiger partial charge < -0.3 is 4.90 Å². The smallest absolute Gasteiger partial charge is 0.228 e. The summed E-state index contributed by atoms with van der Waals surface area (Å²) in [6.07, 6.45) is 0.858. The van der Waals surface area contributed by atoms with Gasteiger partial charge in [0, 0.05) is 32.7 Å². The van der Waals surface area contributed by atoms with E-state index in [0.29, 0.717) is 6.54 Å². The average Bonchev–Trinajstić information content (AvgIpc) is 2.78. The van der Waals surface area contributed by atoms with Crippen molar-refractivity contribution in [1.29, 1.82) is 0 Å². The Morgan fingerprint density at radius 2 is 2.05 bits per heavy atom. The summed E-state index contributed by atoms with van der Waals surface area (Å²) in [5.41, 5.74) is 3.25. The zero-order chi connectivity index (χ0) is 14.9. The molecule has 20 heavy (non-hydrogen) atoms. The molecule has 5 nitrogen and oxygen atoms in total. The van der Waals surface area contributed by atoms with Crippen molar-refractivity contribution in [3.05, 3.63) is 29.3 Å². The van der Waals surface area contributed by atoms with E-state index in [1.807, 2.05) is 19.1 Å². The van der Waals surface area contributed by atoms with Crippen LogP contribution in [0.5, 0.6) is 0 Å². The molecule has 0 radical (unpaired) electrons. The molecule has 0 saturated heterocycles. The molecule has 0 saturated carbocycles. The van der Waals surface area contributed by atoms with Gasteiger partial charge in [-0.2, -0.15) is 0 Å². The number of fused-ring (bicyclic) bond motifs is 1. The lowest BCUT2D eigenvalue weighted by atomic mass is 10.1. The summed E-state index contributed by atoms with van der Waals surface area (Å²) in [5, 5.41) is 0. The normalized spacial score (nSPS) is 14.7. The van der Waals surface area contributed by atoms with Crippen molar-refractivity contribution in [2.24, 2.45) is 0 Å². The zero-order valence-corrected chi connectivity index (χ0v) is 12.9. The first-order valence-electron chi connectivity index (χ1n) is 6.61. The molecule has 0 N–H and O–H groups in total. The minimum Gasteiger partial charge on any atom is -0.312 e. The Balaban J connectivity index is 2.06. The molecule has 6 heteroatoms. The zero-order valence-electron chi connectivity index (χ0n) is 12.1. The SMILES string of the molecule is Cc1ccc2c(c1)CCN2C(=O)CCS(=O)(=O)N(C)C. The maximum absolute atomic E-state index is 12.2. The molecule has 0 bridgehead atoms. The number of anilines is 1. The predicted molar refractivity (Wildman–Crippen MR) is 79.3 cm³/mol. The Morgan fingerprint density at radius 1 is 1.35 bits per heavy atom. The molecule has 0 fully saturated rings. The van der Waals surface area contributed by atoms with E-state index in [2.05, 4.69) is 6.07 Å². The van der Waals surface area contributed by atoms with Crippen molar-refractivity contribution >= 4 is 21.6 Å². The quantitative estimate of drug-likeness (QED) is 0.838. The second-order valence-electron chi connectivity index (χ2n) is 5.28. The number of aryl methyl sites for hydroxylation is 1. The molecule has 1 aromatic carbocycles. The van der Waals surface area contributed by atoms with Gasteiger partial charge in [0.2, 0.25) is 15.9 Å². The Hall–Kier alpha value is -1.40. The van der Waals surface area contributed by atoms with Gasteiger partial charge in [-0.1, -0.05) is 17.7 Å². The summed E-state index contributed by atoms with van der Waals surface area (Å²) >= 11 is 0. The summed E-state index contributed by atoms with van der Waals surface area (Å²) in [6, 6.07) is 6.00. The van der Waals surface area contributed by atoms with Gasteiger partial charge in [-0.25, -0.2) is 12.7 Å². The predicted octanol–water partition coefficient (Wildman–Crippen LogP) is 1.17. The number of carbonyl (C=O) groups is 1. The van der Waals surface area contributed by atoms with E-state index in [9.17, 15) is 13.2 Å². The molecule has 0 spiro atoms. The van der Waals surface area contributed by atoms with Crippen molar-refractivity contribution in [1.82, 2.24) is 4.31 Å². The van der Waals surface area contributed by atoms with Crippen LogP contribution in [0, 0.1) is 6.92 Å². The Kier molecular flexibility index (Phi) is 4.15. The molecule has 1 heterocycles. The fraction of sp³-hybridized carbons (Fsp3) is 0.500. The van der Waals surface area contributed by atoms with Gasteiger partial charge >= 0.3 is 0 Å². The van der Waals surface area contributed by atoms with Crippen molar-refractivity contribution in [3.8, 4) is 0 Å². The van der Waals surface area contributed by atoms with Gasteiger partial charge in [-0.15, -0.1) is 0 Å². The van der Waals surface area contributed by atoms with Gasteiger partial charge in [-0.05, 0) is 25.0 Å². The van der Waals surface area contributed by atoms with Gasteiger partial charge in [0.05, 0.1) is 5.75 Å². The van der Waals surface area contributed by atoms with Crippen LogP contribution in [-0.4, -0.2) is 45.0 Å². The number of rotatable bonds is 4. The van der Waals surface area contributed by atoms with Crippen molar-refractivity contribution < 1.29 is 13.2 Å². The molecule has 1 aliphatic heterocycles. The van der Waals surface area contributed by atoms with E-state index in [1.54, 1.807) is 4.90 Å². The van der Waals surface area contributed by atoms with Crippen LogP contribution in [0.25, 0.3) is 0 Å². The summed E-state index contributed by atoms with van der Waals surface area (Å²) in [4.78, 5) is 13.9. The van der Waals surface area contributed by atoms with Crippen LogP contribution in [-0.2, 0) is 21.2 Å². The molecule has 1 aromatic rings. The number of hydrogen-bond acceptors (Lipinski definition) is 3. The van der Waals surface area contributed by atoms with Gasteiger partial charge in [0.15, 0.2) is 0 Å². The average molecular weight is 296 g/mol. The summed E-state index contributed by atoms with van der Waals surface area (Å²) in [5.74, 6) is -0.269. The largest absolute Gasteiger partial charge is 0.312 e. The summed E-state index contributed by atoms with van der Waals surface area (Å²) < 4.78 is 24.5. The van der Waals surface area contributed by atoms with Crippen LogP contribution < -0.4 is 4.90 Å². The van der Waals surface area contributed by atoms with E-state index >= 15 is 0 Å². The van der Waals surface area contributed by atoms with Crippen LogP contribution in [0.2, 0.25) is 0 Å². The molecule has 1 aliphatic rings. The lowest BCUT2D eigenvalue weighted by molar-refractivity contribution is -0.118. The molecule has 0 atom stereocenters. The maximum atomic E-state index is 12.2. The Morgan fingerprint density at radius 3 is 2.70 bits per heavy atom. The first kappa shape index (κ1) is 15.0. The first-order chi connectivity index (χ1) is 9.31. The fourth-order valence-electron chi connectivity index (χ4n) is 2.32. The highest BCUT2D eigenvalue weighted by Gasteiger charge is 2.26. The third-order valence-corrected chi connectivity index (χ3v) is 5.39. The minimum atomic E-state index is -3.32. The minimum absolute atomic E-state index is 0.0217. The highest BCUT2D eigenvalue weighted by atomic mass is 32.2. The van der Waals surface area contributed by atoms with Crippen molar-refractivity contribution in [3.63, 3.8) is 0 Å². The topological polar surface area (TPSA) is 57.7 Å².